The third-order valence-corrected chi connectivity index (χ3v) is 5.21. The van der Waals surface area contributed by atoms with Gasteiger partial charge in [0.05, 0.1) is 19.1 Å². The van der Waals surface area contributed by atoms with E-state index in [1.165, 1.54) is 11.4 Å². The Morgan fingerprint density at radius 1 is 1.12 bits per heavy atom. The molecule has 0 aromatic heterocycles. The van der Waals surface area contributed by atoms with Crippen LogP contribution >= 0.6 is 0 Å². The van der Waals surface area contributed by atoms with Crippen molar-refractivity contribution < 1.29 is 17.9 Å². The summed E-state index contributed by atoms with van der Waals surface area (Å²) in [6, 6.07) is 14.6. The molecule has 26 heavy (non-hydrogen) atoms. The second kappa shape index (κ2) is 8.71. The van der Waals surface area contributed by atoms with Gasteiger partial charge in [0.1, 0.15) is 5.75 Å². The number of anilines is 1. The average Bonchev–Trinajstić information content (AvgIpc) is 2.60. The number of para-hydroxylation sites is 2. The number of carbonyl (C=O) groups excluding carboxylic acids is 1. The van der Waals surface area contributed by atoms with Crippen molar-refractivity contribution in [1.82, 2.24) is 5.32 Å². The molecule has 1 amide bonds. The van der Waals surface area contributed by atoms with Crippen molar-refractivity contribution in [3.63, 3.8) is 0 Å². The van der Waals surface area contributed by atoms with Crippen molar-refractivity contribution in [2.75, 3.05) is 24.2 Å². The second-order valence-electron chi connectivity index (χ2n) is 5.96. The van der Waals surface area contributed by atoms with E-state index in [2.05, 4.69) is 5.32 Å². The van der Waals surface area contributed by atoms with Gasteiger partial charge in [-0.1, -0.05) is 36.4 Å². The first kappa shape index (κ1) is 19.8. The molecular formula is C19H24N2O4S. The Hall–Kier alpha value is -2.54. The quantitative estimate of drug-likeness (QED) is 0.768. The van der Waals surface area contributed by atoms with E-state index in [4.69, 9.17) is 4.74 Å². The van der Waals surface area contributed by atoms with E-state index in [0.717, 1.165) is 17.4 Å². The zero-order valence-corrected chi connectivity index (χ0v) is 16.0. The topological polar surface area (TPSA) is 75.7 Å². The maximum atomic E-state index is 12.2. The molecule has 0 fully saturated rings. The van der Waals surface area contributed by atoms with Crippen LogP contribution in [-0.4, -0.2) is 34.2 Å². The van der Waals surface area contributed by atoms with E-state index in [1.807, 2.05) is 31.2 Å². The number of benzene rings is 2. The number of hydrogen-bond donors (Lipinski definition) is 1. The molecule has 0 saturated carbocycles. The average molecular weight is 376 g/mol. The minimum atomic E-state index is -3.55. The Kier molecular flexibility index (Phi) is 6.63. The van der Waals surface area contributed by atoms with Crippen molar-refractivity contribution >= 4 is 21.6 Å². The van der Waals surface area contributed by atoms with Crippen LogP contribution in [0.4, 0.5) is 5.69 Å². The first-order valence-electron chi connectivity index (χ1n) is 8.25. The Morgan fingerprint density at radius 3 is 2.42 bits per heavy atom. The van der Waals surface area contributed by atoms with Gasteiger partial charge in [0.2, 0.25) is 15.9 Å². The standard InChI is InChI=1S/C19H24N2O4S/c1-15-8-4-5-9-16(15)14-20-19(22)12-13-21(26(3,23)24)17-10-6-7-11-18(17)25-2/h4-11H,12-14H2,1-3H3,(H,20,22). The number of rotatable bonds is 8. The molecule has 0 saturated heterocycles. The fraction of sp³-hybridized carbons (Fsp3) is 0.316. The molecule has 0 atom stereocenters. The van der Waals surface area contributed by atoms with E-state index in [0.29, 0.717) is 18.0 Å². The SMILES string of the molecule is COc1ccccc1N(CCC(=O)NCc1ccccc1C)S(C)(=O)=O. The van der Waals surface area contributed by atoms with Crippen molar-refractivity contribution in [2.45, 2.75) is 19.9 Å². The first-order valence-corrected chi connectivity index (χ1v) is 10.1. The van der Waals surface area contributed by atoms with Gasteiger partial charge in [0, 0.05) is 19.5 Å². The number of ether oxygens (including phenoxy) is 1. The van der Waals surface area contributed by atoms with Gasteiger partial charge in [-0.25, -0.2) is 8.42 Å². The molecule has 0 unspecified atom stereocenters. The molecule has 0 aliphatic heterocycles. The molecule has 0 spiro atoms. The minimum absolute atomic E-state index is 0.0405. The number of nitrogens with one attached hydrogen (secondary N) is 1. The molecule has 2 rings (SSSR count). The fourth-order valence-corrected chi connectivity index (χ4v) is 3.53. The highest BCUT2D eigenvalue weighted by Gasteiger charge is 2.21. The summed E-state index contributed by atoms with van der Waals surface area (Å²) in [5.41, 5.74) is 2.55. The summed E-state index contributed by atoms with van der Waals surface area (Å²) >= 11 is 0. The molecule has 0 aliphatic rings. The third kappa shape index (κ3) is 5.23. The molecule has 0 aliphatic carbocycles. The Labute approximate surface area is 154 Å². The van der Waals surface area contributed by atoms with Gasteiger partial charge < -0.3 is 10.1 Å². The summed E-state index contributed by atoms with van der Waals surface area (Å²) in [7, 11) is -2.07. The lowest BCUT2D eigenvalue weighted by Crippen LogP contribution is -2.34. The van der Waals surface area contributed by atoms with Crippen LogP contribution in [0.2, 0.25) is 0 Å². The van der Waals surface area contributed by atoms with Gasteiger partial charge in [-0.05, 0) is 30.2 Å². The molecule has 2 aromatic carbocycles. The lowest BCUT2D eigenvalue weighted by atomic mass is 10.1. The number of aryl methyl sites for hydroxylation is 1. The molecule has 7 heteroatoms. The molecule has 2 aromatic rings. The fourth-order valence-electron chi connectivity index (χ4n) is 2.59. The lowest BCUT2D eigenvalue weighted by Gasteiger charge is -2.24. The summed E-state index contributed by atoms with van der Waals surface area (Å²) < 4.78 is 30.8. The predicted molar refractivity (Wildman–Crippen MR) is 103 cm³/mol. The largest absolute Gasteiger partial charge is 0.495 e. The van der Waals surface area contributed by atoms with E-state index < -0.39 is 10.0 Å². The Balaban J connectivity index is 2.04. The predicted octanol–water partition coefficient (Wildman–Crippen LogP) is 2.48. The highest BCUT2D eigenvalue weighted by molar-refractivity contribution is 7.92. The van der Waals surface area contributed by atoms with E-state index in [1.54, 1.807) is 24.3 Å². The summed E-state index contributed by atoms with van der Waals surface area (Å²) in [6.07, 6.45) is 1.17. The van der Waals surface area contributed by atoms with Gasteiger partial charge in [-0.15, -0.1) is 0 Å². The third-order valence-electron chi connectivity index (χ3n) is 4.03. The van der Waals surface area contributed by atoms with Gasteiger partial charge >= 0.3 is 0 Å². The zero-order valence-electron chi connectivity index (χ0n) is 15.2. The van der Waals surface area contributed by atoms with Crippen molar-refractivity contribution in [1.29, 1.82) is 0 Å². The first-order chi connectivity index (χ1) is 12.3. The van der Waals surface area contributed by atoms with Gasteiger partial charge in [0.15, 0.2) is 0 Å². The van der Waals surface area contributed by atoms with Crippen LogP contribution in [0, 0.1) is 6.92 Å². The number of methoxy groups -OCH3 is 1. The minimum Gasteiger partial charge on any atom is -0.495 e. The summed E-state index contributed by atoms with van der Waals surface area (Å²) in [5, 5.41) is 2.83. The normalized spacial score (nSPS) is 11.0. The second-order valence-corrected chi connectivity index (χ2v) is 7.87. The van der Waals surface area contributed by atoms with Crippen LogP contribution in [-0.2, 0) is 21.4 Å². The highest BCUT2D eigenvalue weighted by Crippen LogP contribution is 2.29. The van der Waals surface area contributed by atoms with Crippen molar-refractivity contribution in [3.05, 3.63) is 59.7 Å². The summed E-state index contributed by atoms with van der Waals surface area (Å²) in [5.74, 6) is 0.232. The summed E-state index contributed by atoms with van der Waals surface area (Å²) in [6.45, 7) is 2.44. The van der Waals surface area contributed by atoms with E-state index in [-0.39, 0.29) is 18.9 Å². The molecule has 1 N–H and O–H groups in total. The van der Waals surface area contributed by atoms with Crippen LogP contribution in [0.3, 0.4) is 0 Å². The van der Waals surface area contributed by atoms with Crippen LogP contribution in [0.5, 0.6) is 5.75 Å². The van der Waals surface area contributed by atoms with Crippen molar-refractivity contribution in [3.8, 4) is 5.75 Å². The lowest BCUT2D eigenvalue weighted by molar-refractivity contribution is -0.121. The van der Waals surface area contributed by atoms with Gasteiger partial charge in [-0.2, -0.15) is 0 Å². The highest BCUT2D eigenvalue weighted by atomic mass is 32.2. The molecule has 6 nitrogen and oxygen atoms in total. The molecule has 0 bridgehead atoms. The summed E-state index contributed by atoms with van der Waals surface area (Å²) in [4.78, 5) is 12.2. The van der Waals surface area contributed by atoms with Crippen molar-refractivity contribution in [2.24, 2.45) is 0 Å². The van der Waals surface area contributed by atoms with E-state index in [9.17, 15) is 13.2 Å². The molecule has 0 heterocycles. The zero-order chi connectivity index (χ0) is 19.2. The van der Waals surface area contributed by atoms with Crippen LogP contribution in [0.1, 0.15) is 17.5 Å². The maximum absolute atomic E-state index is 12.2. The number of hydrogen-bond acceptors (Lipinski definition) is 4. The monoisotopic (exact) mass is 376 g/mol. The smallest absolute Gasteiger partial charge is 0.232 e. The van der Waals surface area contributed by atoms with Crippen LogP contribution in [0.25, 0.3) is 0 Å². The number of carbonyl (C=O) groups is 1. The maximum Gasteiger partial charge on any atom is 0.232 e. The van der Waals surface area contributed by atoms with Crippen LogP contribution < -0.4 is 14.4 Å². The Morgan fingerprint density at radius 2 is 1.77 bits per heavy atom. The molecule has 140 valence electrons. The van der Waals surface area contributed by atoms with Crippen LogP contribution in [0.15, 0.2) is 48.5 Å². The molecule has 0 radical (unpaired) electrons. The number of nitrogens with zero attached hydrogens (tertiary/aromatic N) is 1. The van der Waals surface area contributed by atoms with Gasteiger partial charge in [0.25, 0.3) is 0 Å². The molecular weight excluding hydrogens is 352 g/mol. The van der Waals surface area contributed by atoms with Gasteiger partial charge in [-0.3, -0.25) is 9.10 Å². The Bertz CT molecular complexity index is 865. The van der Waals surface area contributed by atoms with E-state index >= 15 is 0 Å². The number of sulfonamides is 1. The number of amides is 1.